The van der Waals surface area contributed by atoms with Gasteiger partial charge < -0.3 is 20.1 Å². The highest BCUT2D eigenvalue weighted by molar-refractivity contribution is 5.82. The minimum atomic E-state index is 0.831. The molecule has 1 aliphatic rings. The van der Waals surface area contributed by atoms with Crippen molar-refractivity contribution in [3.05, 3.63) is 59.9 Å². The quantitative estimate of drug-likeness (QED) is 0.718. The molecule has 2 aromatic heterocycles. The number of hydrogen-bond donors (Lipinski definition) is 2. The normalized spacial score (nSPS) is 15.7. The van der Waals surface area contributed by atoms with Crippen LogP contribution in [-0.4, -0.2) is 47.6 Å². The van der Waals surface area contributed by atoms with E-state index in [-0.39, 0.29) is 0 Å². The lowest BCUT2D eigenvalue weighted by atomic mass is 10.1. The van der Waals surface area contributed by atoms with Gasteiger partial charge in [-0.25, -0.2) is 4.98 Å². The number of aromatic nitrogens is 2. The van der Waals surface area contributed by atoms with Crippen LogP contribution >= 0.6 is 0 Å². The van der Waals surface area contributed by atoms with Gasteiger partial charge in [0.25, 0.3) is 0 Å². The summed E-state index contributed by atoms with van der Waals surface area (Å²) >= 11 is 0. The van der Waals surface area contributed by atoms with Crippen molar-refractivity contribution in [2.45, 2.75) is 20.0 Å². The molecule has 136 valence electrons. The highest BCUT2D eigenvalue weighted by Crippen LogP contribution is 2.17. The van der Waals surface area contributed by atoms with Crippen molar-refractivity contribution in [2.75, 3.05) is 37.6 Å². The maximum atomic E-state index is 4.68. The number of H-pyrrole nitrogens is 1. The molecule has 26 heavy (non-hydrogen) atoms. The predicted octanol–water partition coefficient (Wildman–Crippen LogP) is 2.99. The molecule has 1 fully saturated rings. The fourth-order valence-electron chi connectivity index (χ4n) is 3.65. The summed E-state index contributed by atoms with van der Waals surface area (Å²) in [4.78, 5) is 12.8. The van der Waals surface area contributed by atoms with E-state index >= 15 is 0 Å². The summed E-state index contributed by atoms with van der Waals surface area (Å²) in [5.41, 5.74) is 3.74. The molecular formula is C21H27N5. The number of hydrogen-bond acceptors (Lipinski definition) is 4. The lowest BCUT2D eigenvalue weighted by molar-refractivity contribution is 0.270. The van der Waals surface area contributed by atoms with Gasteiger partial charge in [-0.3, -0.25) is 0 Å². The van der Waals surface area contributed by atoms with Crippen molar-refractivity contribution in [1.29, 1.82) is 0 Å². The zero-order valence-electron chi connectivity index (χ0n) is 15.4. The largest absolute Gasteiger partial charge is 0.361 e. The summed E-state index contributed by atoms with van der Waals surface area (Å²) in [5.74, 6) is 1.10. The molecular weight excluding hydrogens is 322 g/mol. The molecule has 0 aliphatic carbocycles. The summed E-state index contributed by atoms with van der Waals surface area (Å²) in [5, 5.41) is 4.83. The summed E-state index contributed by atoms with van der Waals surface area (Å²) < 4.78 is 0. The Morgan fingerprint density at radius 1 is 1.04 bits per heavy atom. The van der Waals surface area contributed by atoms with E-state index in [1.165, 1.54) is 22.0 Å². The Bertz CT molecular complexity index is 831. The molecule has 0 bridgehead atoms. The highest BCUT2D eigenvalue weighted by Gasteiger charge is 2.16. The van der Waals surface area contributed by atoms with Gasteiger partial charge in [0.1, 0.15) is 5.82 Å². The summed E-state index contributed by atoms with van der Waals surface area (Å²) in [6.45, 7) is 9.46. The second-order valence-corrected chi connectivity index (χ2v) is 6.91. The zero-order valence-corrected chi connectivity index (χ0v) is 15.4. The van der Waals surface area contributed by atoms with Crippen LogP contribution in [0.2, 0.25) is 0 Å². The van der Waals surface area contributed by atoms with E-state index in [9.17, 15) is 0 Å². The Hall–Kier alpha value is -2.37. The monoisotopic (exact) mass is 349 g/mol. The van der Waals surface area contributed by atoms with E-state index < -0.39 is 0 Å². The molecule has 0 unspecified atom stereocenters. The highest BCUT2D eigenvalue weighted by atomic mass is 15.3. The molecule has 5 nitrogen and oxygen atoms in total. The van der Waals surface area contributed by atoms with Crippen LogP contribution in [0, 0.1) is 0 Å². The van der Waals surface area contributed by atoms with Gasteiger partial charge >= 0.3 is 0 Å². The number of benzene rings is 1. The third-order valence-electron chi connectivity index (χ3n) is 5.28. The Labute approximate surface area is 155 Å². The summed E-state index contributed by atoms with van der Waals surface area (Å²) in [6, 6.07) is 12.9. The molecule has 0 radical (unpaired) electrons. The molecule has 1 aliphatic heterocycles. The molecule has 0 amide bonds. The molecule has 3 aromatic rings. The van der Waals surface area contributed by atoms with Crippen molar-refractivity contribution in [2.24, 2.45) is 0 Å². The molecule has 0 saturated carbocycles. The van der Waals surface area contributed by atoms with Crippen LogP contribution in [0.15, 0.2) is 48.8 Å². The molecule has 0 atom stereocenters. The smallest absolute Gasteiger partial charge is 0.128 e. The van der Waals surface area contributed by atoms with Crippen molar-refractivity contribution >= 4 is 16.7 Å². The second-order valence-electron chi connectivity index (χ2n) is 6.91. The molecule has 0 spiro atoms. The van der Waals surface area contributed by atoms with Crippen LogP contribution in [0.4, 0.5) is 5.82 Å². The second kappa shape index (κ2) is 7.89. The molecule has 1 saturated heterocycles. The first-order chi connectivity index (χ1) is 12.8. The van der Waals surface area contributed by atoms with Gasteiger partial charge in [-0.15, -0.1) is 0 Å². The topological polar surface area (TPSA) is 47.2 Å². The number of nitrogens with zero attached hydrogens (tertiary/aromatic N) is 3. The number of rotatable bonds is 6. The van der Waals surface area contributed by atoms with Crippen molar-refractivity contribution in [3.63, 3.8) is 0 Å². The first-order valence-electron chi connectivity index (χ1n) is 9.51. The van der Waals surface area contributed by atoms with Gasteiger partial charge in [-0.05, 0) is 35.9 Å². The van der Waals surface area contributed by atoms with Gasteiger partial charge in [-0.1, -0.05) is 25.1 Å². The SMILES string of the molecule is CCN1CCN(c2ccc(CNCc3cccc4[nH]ccc34)cn2)CC1. The zero-order chi connectivity index (χ0) is 17.8. The number of likely N-dealkylation sites (N-methyl/N-ethyl adjacent to an activating group) is 1. The summed E-state index contributed by atoms with van der Waals surface area (Å²) in [6.07, 6.45) is 4.00. The van der Waals surface area contributed by atoms with Crippen LogP contribution in [0.25, 0.3) is 10.9 Å². The summed E-state index contributed by atoms with van der Waals surface area (Å²) in [7, 11) is 0. The molecule has 1 aromatic carbocycles. The molecule has 2 N–H and O–H groups in total. The van der Waals surface area contributed by atoms with Crippen molar-refractivity contribution < 1.29 is 0 Å². The average molecular weight is 349 g/mol. The van der Waals surface area contributed by atoms with Crippen molar-refractivity contribution in [3.8, 4) is 0 Å². The van der Waals surface area contributed by atoms with E-state index in [4.69, 9.17) is 0 Å². The fraction of sp³-hybridized carbons (Fsp3) is 0.381. The molecule has 5 heteroatoms. The van der Waals surface area contributed by atoms with E-state index in [2.05, 4.69) is 68.4 Å². The number of anilines is 1. The third kappa shape index (κ3) is 3.74. The minimum Gasteiger partial charge on any atom is -0.361 e. The standard InChI is InChI=1S/C21H27N5/c1-2-25-10-12-26(13-11-25)21-7-6-17(15-24-21)14-22-16-18-4-3-5-20-19(18)8-9-23-20/h3-9,15,22-23H,2,10-14,16H2,1H3. The van der Waals surface area contributed by atoms with Crippen LogP contribution < -0.4 is 10.2 Å². The number of fused-ring (bicyclic) bond motifs is 1. The van der Waals surface area contributed by atoms with Gasteiger partial charge in [0, 0.05) is 62.6 Å². The van der Waals surface area contributed by atoms with Gasteiger partial charge in [-0.2, -0.15) is 0 Å². The van der Waals surface area contributed by atoms with E-state index in [0.717, 1.165) is 51.6 Å². The van der Waals surface area contributed by atoms with Gasteiger partial charge in [0.15, 0.2) is 0 Å². The molecule has 4 rings (SSSR count). The maximum absolute atomic E-state index is 4.68. The Balaban J connectivity index is 1.31. The molecule has 3 heterocycles. The first-order valence-corrected chi connectivity index (χ1v) is 9.51. The Kier molecular flexibility index (Phi) is 5.18. The first kappa shape index (κ1) is 17.1. The minimum absolute atomic E-state index is 0.831. The van der Waals surface area contributed by atoms with Crippen LogP contribution in [0.3, 0.4) is 0 Å². The van der Waals surface area contributed by atoms with Gasteiger partial charge in [0.2, 0.25) is 0 Å². The van der Waals surface area contributed by atoms with Crippen LogP contribution in [0.1, 0.15) is 18.1 Å². The average Bonchev–Trinajstić information content (AvgIpc) is 3.18. The number of nitrogens with one attached hydrogen (secondary N) is 2. The third-order valence-corrected chi connectivity index (χ3v) is 5.28. The van der Waals surface area contributed by atoms with Crippen LogP contribution in [-0.2, 0) is 13.1 Å². The lowest BCUT2D eigenvalue weighted by Gasteiger charge is -2.34. The number of aromatic amines is 1. The predicted molar refractivity (Wildman–Crippen MR) is 107 cm³/mol. The van der Waals surface area contributed by atoms with E-state index in [0.29, 0.717) is 0 Å². The maximum Gasteiger partial charge on any atom is 0.128 e. The van der Waals surface area contributed by atoms with E-state index in [1.54, 1.807) is 0 Å². The van der Waals surface area contributed by atoms with Crippen LogP contribution in [0.5, 0.6) is 0 Å². The van der Waals surface area contributed by atoms with Gasteiger partial charge in [0.05, 0.1) is 0 Å². The Morgan fingerprint density at radius 3 is 2.69 bits per heavy atom. The fourth-order valence-corrected chi connectivity index (χ4v) is 3.65. The number of piperazine rings is 1. The lowest BCUT2D eigenvalue weighted by Crippen LogP contribution is -2.46. The Morgan fingerprint density at radius 2 is 1.92 bits per heavy atom. The van der Waals surface area contributed by atoms with Crippen molar-refractivity contribution in [1.82, 2.24) is 20.2 Å². The number of pyridine rings is 1. The van der Waals surface area contributed by atoms with E-state index in [1.807, 2.05) is 12.4 Å².